The van der Waals surface area contributed by atoms with Crippen molar-refractivity contribution >= 4 is 5.91 Å². The average molecular weight is 291 g/mol. The molecular formula is C17H22FNO2. The van der Waals surface area contributed by atoms with Gasteiger partial charge in [-0.2, -0.15) is 0 Å². The van der Waals surface area contributed by atoms with Gasteiger partial charge in [-0.25, -0.2) is 4.39 Å². The third-order valence-corrected chi connectivity index (χ3v) is 4.83. The molecule has 0 aliphatic heterocycles. The summed E-state index contributed by atoms with van der Waals surface area (Å²) in [7, 11) is 0. The molecule has 0 aromatic heterocycles. The maximum Gasteiger partial charge on any atom is 0.261 e. The minimum absolute atomic E-state index is 0.113. The van der Waals surface area contributed by atoms with Crippen LogP contribution in [0.4, 0.5) is 4.39 Å². The molecule has 1 aromatic rings. The Morgan fingerprint density at radius 3 is 2.81 bits per heavy atom. The molecule has 4 atom stereocenters. The highest BCUT2D eigenvalue weighted by Crippen LogP contribution is 2.44. The van der Waals surface area contributed by atoms with Gasteiger partial charge in [0.25, 0.3) is 5.91 Å². The number of para-hydroxylation sites is 1. The number of carbonyl (C=O) groups is 1. The molecule has 0 saturated heterocycles. The Morgan fingerprint density at radius 2 is 2.19 bits per heavy atom. The Balaban J connectivity index is 1.60. The number of fused-ring (bicyclic) bond motifs is 2. The van der Waals surface area contributed by atoms with E-state index in [1.54, 1.807) is 18.2 Å². The average Bonchev–Trinajstić information content (AvgIpc) is 3.09. The smallest absolute Gasteiger partial charge is 0.261 e. The number of amides is 1. The van der Waals surface area contributed by atoms with E-state index in [4.69, 9.17) is 4.74 Å². The zero-order valence-corrected chi connectivity index (χ0v) is 12.3. The molecule has 2 aliphatic rings. The summed E-state index contributed by atoms with van der Waals surface area (Å²) in [6.07, 6.45) is 4.77. The van der Waals surface area contributed by atoms with Crippen LogP contribution in [0.2, 0.25) is 0 Å². The molecule has 2 aliphatic carbocycles. The molecule has 4 heteroatoms. The molecule has 0 unspecified atom stereocenters. The molecule has 2 fully saturated rings. The summed E-state index contributed by atoms with van der Waals surface area (Å²) in [5.41, 5.74) is 0. The summed E-state index contributed by atoms with van der Waals surface area (Å²) >= 11 is 0. The molecule has 1 aromatic carbocycles. The predicted octanol–water partition coefficient (Wildman–Crippen LogP) is 3.29. The number of hydrogen-bond donors (Lipinski definition) is 1. The molecule has 114 valence electrons. The van der Waals surface area contributed by atoms with Gasteiger partial charge in [0.05, 0.1) is 0 Å². The van der Waals surface area contributed by atoms with Crippen molar-refractivity contribution in [2.24, 2.45) is 11.8 Å². The van der Waals surface area contributed by atoms with Crippen molar-refractivity contribution in [3.8, 4) is 5.75 Å². The van der Waals surface area contributed by atoms with E-state index in [-0.39, 0.29) is 17.7 Å². The molecule has 0 heterocycles. The number of ether oxygens (including phenoxy) is 1. The number of hydrogen-bond acceptors (Lipinski definition) is 2. The first-order chi connectivity index (χ1) is 10.2. The van der Waals surface area contributed by atoms with Crippen molar-refractivity contribution in [1.29, 1.82) is 0 Å². The van der Waals surface area contributed by atoms with Gasteiger partial charge in [-0.1, -0.05) is 25.5 Å². The Labute approximate surface area is 124 Å². The van der Waals surface area contributed by atoms with Crippen LogP contribution in [0.3, 0.4) is 0 Å². The van der Waals surface area contributed by atoms with E-state index < -0.39 is 11.9 Å². The van der Waals surface area contributed by atoms with Gasteiger partial charge in [-0.05, 0) is 49.7 Å². The van der Waals surface area contributed by atoms with E-state index >= 15 is 0 Å². The topological polar surface area (TPSA) is 38.3 Å². The van der Waals surface area contributed by atoms with Gasteiger partial charge in [0.1, 0.15) is 0 Å². The maximum atomic E-state index is 13.6. The monoisotopic (exact) mass is 291 g/mol. The Hall–Kier alpha value is -1.58. The molecule has 2 saturated carbocycles. The number of carbonyl (C=O) groups excluding carboxylic acids is 1. The standard InChI is InChI=1S/C17H22FNO2/c1-2-15(21-16-6-4-3-5-13(16)18)17(20)19-14-10-11-7-8-12(14)9-11/h3-6,11-12,14-15H,2,7-10H2,1H3,(H,19,20)/t11-,12-,14+,15-/m1/s1. The van der Waals surface area contributed by atoms with Crippen LogP contribution in [0.5, 0.6) is 5.75 Å². The summed E-state index contributed by atoms with van der Waals surface area (Å²) in [4.78, 5) is 12.4. The van der Waals surface area contributed by atoms with Crippen LogP contribution in [0, 0.1) is 17.7 Å². The van der Waals surface area contributed by atoms with E-state index in [1.165, 1.54) is 25.3 Å². The second kappa shape index (κ2) is 6.04. The molecule has 0 radical (unpaired) electrons. The van der Waals surface area contributed by atoms with Gasteiger partial charge in [-0.15, -0.1) is 0 Å². The van der Waals surface area contributed by atoms with Crippen molar-refractivity contribution in [3.63, 3.8) is 0 Å². The molecule has 1 amide bonds. The van der Waals surface area contributed by atoms with Crippen LogP contribution in [0.15, 0.2) is 24.3 Å². The van der Waals surface area contributed by atoms with Crippen molar-refractivity contribution in [1.82, 2.24) is 5.32 Å². The van der Waals surface area contributed by atoms with E-state index in [0.717, 1.165) is 12.3 Å². The van der Waals surface area contributed by atoms with Crippen molar-refractivity contribution in [2.45, 2.75) is 51.2 Å². The summed E-state index contributed by atoms with van der Waals surface area (Å²) in [5, 5.41) is 3.11. The first-order valence-corrected chi connectivity index (χ1v) is 7.89. The van der Waals surface area contributed by atoms with Crippen molar-refractivity contribution in [2.75, 3.05) is 0 Å². The Kier molecular flexibility index (Phi) is 4.13. The van der Waals surface area contributed by atoms with Gasteiger partial charge < -0.3 is 10.1 Å². The van der Waals surface area contributed by atoms with E-state index in [9.17, 15) is 9.18 Å². The molecular weight excluding hydrogens is 269 g/mol. The SMILES string of the molecule is CC[C@@H](Oc1ccccc1F)C(=O)N[C@H]1C[C@@H]2CC[C@@H]1C2. The molecule has 0 spiro atoms. The first kappa shape index (κ1) is 14.4. The fourth-order valence-electron chi connectivity index (χ4n) is 3.71. The number of nitrogens with one attached hydrogen (secondary N) is 1. The van der Waals surface area contributed by atoms with Crippen LogP contribution in [-0.4, -0.2) is 18.1 Å². The molecule has 3 nitrogen and oxygen atoms in total. The van der Waals surface area contributed by atoms with Crippen molar-refractivity contribution in [3.05, 3.63) is 30.1 Å². The maximum absolute atomic E-state index is 13.6. The van der Waals surface area contributed by atoms with Crippen LogP contribution >= 0.6 is 0 Å². The first-order valence-electron chi connectivity index (χ1n) is 7.89. The largest absolute Gasteiger partial charge is 0.478 e. The summed E-state index contributed by atoms with van der Waals surface area (Å²) in [6, 6.07) is 6.50. The predicted molar refractivity (Wildman–Crippen MR) is 78.5 cm³/mol. The van der Waals surface area contributed by atoms with E-state index in [1.807, 2.05) is 6.92 Å². The van der Waals surface area contributed by atoms with Gasteiger partial charge in [0.15, 0.2) is 17.7 Å². The summed E-state index contributed by atoms with van der Waals surface area (Å²) in [5.74, 6) is 1.02. The fourth-order valence-corrected chi connectivity index (χ4v) is 3.71. The zero-order chi connectivity index (χ0) is 14.8. The van der Waals surface area contributed by atoms with E-state index in [0.29, 0.717) is 12.3 Å². The summed E-state index contributed by atoms with van der Waals surface area (Å²) < 4.78 is 19.2. The highest BCUT2D eigenvalue weighted by molar-refractivity contribution is 5.81. The molecule has 1 N–H and O–H groups in total. The van der Waals surface area contributed by atoms with Crippen LogP contribution in [0.1, 0.15) is 39.0 Å². The van der Waals surface area contributed by atoms with Crippen LogP contribution in [-0.2, 0) is 4.79 Å². The fraction of sp³-hybridized carbons (Fsp3) is 0.588. The van der Waals surface area contributed by atoms with Gasteiger partial charge >= 0.3 is 0 Å². The number of benzene rings is 1. The van der Waals surface area contributed by atoms with Crippen LogP contribution in [0.25, 0.3) is 0 Å². The molecule has 21 heavy (non-hydrogen) atoms. The lowest BCUT2D eigenvalue weighted by molar-refractivity contribution is -0.129. The molecule has 3 rings (SSSR count). The van der Waals surface area contributed by atoms with Crippen molar-refractivity contribution < 1.29 is 13.9 Å². The quantitative estimate of drug-likeness (QED) is 0.904. The van der Waals surface area contributed by atoms with Gasteiger partial charge in [-0.3, -0.25) is 4.79 Å². The Morgan fingerprint density at radius 1 is 1.38 bits per heavy atom. The van der Waals surface area contributed by atoms with E-state index in [2.05, 4.69) is 5.32 Å². The minimum Gasteiger partial charge on any atom is -0.478 e. The second-order valence-electron chi connectivity index (χ2n) is 6.24. The van der Waals surface area contributed by atoms with Gasteiger partial charge in [0, 0.05) is 6.04 Å². The molecule has 2 bridgehead atoms. The third-order valence-electron chi connectivity index (χ3n) is 4.83. The highest BCUT2D eigenvalue weighted by atomic mass is 19.1. The minimum atomic E-state index is -0.624. The second-order valence-corrected chi connectivity index (χ2v) is 6.24. The lowest BCUT2D eigenvalue weighted by atomic mass is 9.95. The number of halogens is 1. The zero-order valence-electron chi connectivity index (χ0n) is 12.3. The number of rotatable bonds is 5. The summed E-state index contributed by atoms with van der Waals surface area (Å²) in [6.45, 7) is 1.88. The lowest BCUT2D eigenvalue weighted by Gasteiger charge is -2.25. The van der Waals surface area contributed by atoms with Crippen LogP contribution < -0.4 is 10.1 Å². The normalized spacial score (nSPS) is 28.4. The third kappa shape index (κ3) is 3.04. The van der Waals surface area contributed by atoms with Gasteiger partial charge in [0.2, 0.25) is 0 Å². The lowest BCUT2D eigenvalue weighted by Crippen LogP contribution is -2.45. The highest BCUT2D eigenvalue weighted by Gasteiger charge is 2.40. The Bertz CT molecular complexity index is 519.